The lowest BCUT2D eigenvalue weighted by molar-refractivity contribution is -0.0293. The molecule has 0 saturated carbocycles. The fraction of sp³-hybridized carbons (Fsp3) is 0.148. The topological polar surface area (TPSA) is 114 Å². The molecule has 40 heavy (non-hydrogen) atoms. The van der Waals surface area contributed by atoms with Crippen molar-refractivity contribution in [3.05, 3.63) is 98.9 Å². The zero-order valence-electron chi connectivity index (χ0n) is 20.4. The van der Waals surface area contributed by atoms with Crippen molar-refractivity contribution in [2.75, 3.05) is 23.8 Å². The number of hydrogen-bond acceptors (Lipinski definition) is 8. The van der Waals surface area contributed by atoms with Crippen LogP contribution in [-0.4, -0.2) is 38.2 Å². The van der Waals surface area contributed by atoms with E-state index >= 15 is 0 Å². The van der Waals surface area contributed by atoms with Crippen molar-refractivity contribution in [3.63, 3.8) is 0 Å². The van der Waals surface area contributed by atoms with Crippen molar-refractivity contribution in [3.8, 4) is 6.07 Å². The second-order valence-electron chi connectivity index (χ2n) is 9.04. The lowest BCUT2D eigenvalue weighted by Crippen LogP contribution is -2.31. The summed E-state index contributed by atoms with van der Waals surface area (Å²) < 4.78 is 20.8. The van der Waals surface area contributed by atoms with Gasteiger partial charge < -0.3 is 15.4 Å². The molecule has 0 amide bonds. The molecule has 0 unspecified atom stereocenters. The maximum Gasteiger partial charge on any atom is 0.141 e. The molecule has 0 radical (unpaired) electrons. The third-order valence-electron chi connectivity index (χ3n) is 6.46. The quantitative estimate of drug-likeness (QED) is 0.200. The second-order valence-corrected chi connectivity index (χ2v) is 10.2. The number of hydrogen-bond donors (Lipinski definition) is 2. The Bertz CT molecular complexity index is 1790. The molecule has 4 heterocycles. The van der Waals surface area contributed by atoms with Gasteiger partial charge in [0.1, 0.15) is 34.8 Å². The average Bonchev–Trinajstić information content (AvgIpc) is 3.38. The van der Waals surface area contributed by atoms with Crippen LogP contribution in [0.5, 0.6) is 0 Å². The molecule has 1 fully saturated rings. The fourth-order valence-corrected chi connectivity index (χ4v) is 5.03. The minimum Gasteiger partial charge on any atom is -0.377 e. The van der Waals surface area contributed by atoms with Crippen molar-refractivity contribution >= 4 is 62.8 Å². The predicted molar refractivity (Wildman–Crippen MR) is 151 cm³/mol. The standard InChI is InChI=1S/C27H18Cl3FN8O/c28-20-7-15(3-4-22(20)31)35-24-14(9-32)10-34-25-19(24)6-16(8-21(25)29)36-26(18-2-1-5-33-27(18)30)23-11-39(38-37-23)17-12-40-13-17/h1-8,10-11,17,26,36H,12-13H2,(H,34,35)/t26-/m0/s1. The van der Waals surface area contributed by atoms with Gasteiger partial charge in [0, 0.05) is 34.7 Å². The van der Waals surface area contributed by atoms with Crippen LogP contribution in [0.4, 0.5) is 21.5 Å². The Hall–Kier alpha value is -4.01. The Labute approximate surface area is 242 Å². The predicted octanol–water partition coefficient (Wildman–Crippen LogP) is 6.71. The summed E-state index contributed by atoms with van der Waals surface area (Å²) in [4.78, 5) is 8.63. The Morgan fingerprint density at radius 2 is 1.90 bits per heavy atom. The summed E-state index contributed by atoms with van der Waals surface area (Å²) >= 11 is 19.2. The van der Waals surface area contributed by atoms with E-state index in [0.29, 0.717) is 62.6 Å². The van der Waals surface area contributed by atoms with E-state index in [9.17, 15) is 9.65 Å². The summed E-state index contributed by atoms with van der Waals surface area (Å²) in [5.41, 5.74) is 3.55. The molecular weight excluding hydrogens is 578 g/mol. The number of aromatic nitrogens is 5. The summed E-state index contributed by atoms with van der Waals surface area (Å²) in [5, 5.41) is 26.3. The molecule has 3 aromatic heterocycles. The third-order valence-corrected chi connectivity index (χ3v) is 7.36. The summed E-state index contributed by atoms with van der Waals surface area (Å²) in [7, 11) is 0. The van der Waals surface area contributed by atoms with E-state index in [4.69, 9.17) is 39.5 Å². The van der Waals surface area contributed by atoms with E-state index in [0.717, 1.165) is 0 Å². The van der Waals surface area contributed by atoms with E-state index in [1.807, 2.05) is 18.3 Å². The van der Waals surface area contributed by atoms with Crippen LogP contribution in [0.2, 0.25) is 15.2 Å². The second kappa shape index (κ2) is 10.9. The van der Waals surface area contributed by atoms with Gasteiger partial charge in [-0.25, -0.2) is 14.1 Å². The number of benzene rings is 2. The maximum absolute atomic E-state index is 13.8. The first-order chi connectivity index (χ1) is 19.4. The van der Waals surface area contributed by atoms with E-state index in [1.165, 1.54) is 24.4 Å². The zero-order chi connectivity index (χ0) is 27.8. The maximum atomic E-state index is 13.8. The summed E-state index contributed by atoms with van der Waals surface area (Å²) in [6.07, 6.45) is 4.87. The molecule has 13 heteroatoms. The van der Waals surface area contributed by atoms with Gasteiger partial charge in [0.05, 0.1) is 46.2 Å². The highest BCUT2D eigenvalue weighted by molar-refractivity contribution is 6.36. The largest absolute Gasteiger partial charge is 0.377 e. The number of nitrogens with zero attached hydrogens (tertiary/aromatic N) is 6. The number of anilines is 3. The molecule has 0 aliphatic carbocycles. The average molecular weight is 596 g/mol. The number of nitriles is 1. The monoisotopic (exact) mass is 594 g/mol. The van der Waals surface area contributed by atoms with Crippen molar-refractivity contribution in [1.82, 2.24) is 25.0 Å². The van der Waals surface area contributed by atoms with Crippen LogP contribution >= 0.6 is 34.8 Å². The van der Waals surface area contributed by atoms with E-state index in [2.05, 4.69) is 37.0 Å². The van der Waals surface area contributed by atoms with Gasteiger partial charge in [0.2, 0.25) is 0 Å². The minimum atomic E-state index is -0.552. The number of nitrogens with one attached hydrogen (secondary N) is 2. The number of pyridine rings is 2. The number of halogens is 4. The van der Waals surface area contributed by atoms with E-state index < -0.39 is 11.9 Å². The lowest BCUT2D eigenvalue weighted by Gasteiger charge is -2.25. The van der Waals surface area contributed by atoms with E-state index in [-0.39, 0.29) is 16.6 Å². The minimum absolute atomic E-state index is 0.0556. The lowest BCUT2D eigenvalue weighted by atomic mass is 10.0. The fourth-order valence-electron chi connectivity index (χ4n) is 4.35. The van der Waals surface area contributed by atoms with Crippen LogP contribution in [0.3, 0.4) is 0 Å². The molecule has 0 bridgehead atoms. The normalized spacial score (nSPS) is 14.0. The molecule has 5 aromatic rings. The van der Waals surface area contributed by atoms with Crippen LogP contribution in [0.25, 0.3) is 10.9 Å². The van der Waals surface area contributed by atoms with Crippen LogP contribution < -0.4 is 10.6 Å². The first-order valence-corrected chi connectivity index (χ1v) is 13.2. The molecule has 0 spiro atoms. The summed E-state index contributed by atoms with van der Waals surface area (Å²) in [6.45, 7) is 1.14. The van der Waals surface area contributed by atoms with Gasteiger partial charge in [-0.05, 0) is 36.4 Å². The Morgan fingerprint density at radius 1 is 1.07 bits per heavy atom. The van der Waals surface area contributed by atoms with Gasteiger partial charge in [0.25, 0.3) is 0 Å². The van der Waals surface area contributed by atoms with Crippen molar-refractivity contribution in [1.29, 1.82) is 5.26 Å². The van der Waals surface area contributed by atoms with E-state index in [1.54, 1.807) is 23.0 Å². The SMILES string of the molecule is N#Cc1cnc2c(Cl)cc(N[C@H](c3cn(C4COC4)nn3)c3cccnc3Cl)cc2c1Nc1ccc(F)c(Cl)c1. The highest BCUT2D eigenvalue weighted by Gasteiger charge is 2.26. The van der Waals surface area contributed by atoms with Crippen LogP contribution in [0.1, 0.15) is 28.9 Å². The molecule has 1 aliphatic rings. The molecule has 1 saturated heterocycles. The molecule has 200 valence electrons. The van der Waals surface area contributed by atoms with Gasteiger partial charge in [-0.1, -0.05) is 46.1 Å². The first kappa shape index (κ1) is 26.2. The summed E-state index contributed by atoms with van der Waals surface area (Å²) in [6, 6.07) is 13.1. The van der Waals surface area contributed by atoms with Crippen LogP contribution in [0, 0.1) is 17.1 Å². The smallest absolute Gasteiger partial charge is 0.141 e. The third kappa shape index (κ3) is 5.00. The Kier molecular flexibility index (Phi) is 7.12. The number of rotatable bonds is 7. The van der Waals surface area contributed by atoms with Crippen LogP contribution in [-0.2, 0) is 4.74 Å². The molecular formula is C27H18Cl3FN8O. The molecule has 1 aliphatic heterocycles. The number of ether oxygens (including phenoxy) is 1. The van der Waals surface area contributed by atoms with Gasteiger partial charge in [-0.15, -0.1) is 5.10 Å². The zero-order valence-corrected chi connectivity index (χ0v) is 22.7. The van der Waals surface area contributed by atoms with Crippen LogP contribution in [0.15, 0.2) is 61.1 Å². The van der Waals surface area contributed by atoms with Gasteiger partial charge in [0.15, 0.2) is 0 Å². The van der Waals surface area contributed by atoms with Crippen molar-refractivity contribution in [2.24, 2.45) is 0 Å². The Balaban J connectivity index is 1.44. The number of fused-ring (bicyclic) bond motifs is 1. The highest BCUT2D eigenvalue weighted by Crippen LogP contribution is 2.38. The van der Waals surface area contributed by atoms with Gasteiger partial charge in [-0.3, -0.25) is 4.98 Å². The van der Waals surface area contributed by atoms with Gasteiger partial charge in [-0.2, -0.15) is 5.26 Å². The molecule has 9 nitrogen and oxygen atoms in total. The highest BCUT2D eigenvalue weighted by atomic mass is 35.5. The first-order valence-electron chi connectivity index (χ1n) is 12.0. The van der Waals surface area contributed by atoms with Crippen molar-refractivity contribution < 1.29 is 9.13 Å². The van der Waals surface area contributed by atoms with Crippen molar-refractivity contribution in [2.45, 2.75) is 12.1 Å². The molecule has 2 N–H and O–H groups in total. The molecule has 6 rings (SSSR count). The Morgan fingerprint density at radius 3 is 2.62 bits per heavy atom. The van der Waals surface area contributed by atoms with Gasteiger partial charge >= 0.3 is 0 Å². The summed E-state index contributed by atoms with van der Waals surface area (Å²) in [5.74, 6) is -0.552. The molecule has 1 atom stereocenters. The molecule has 2 aromatic carbocycles.